The molecule has 0 radical (unpaired) electrons. The van der Waals surface area contributed by atoms with Gasteiger partial charge in [-0.2, -0.15) is 7.18 Å². The number of aromatic hydroxyl groups is 1. The number of carboxylic acids is 1. The number of ether oxygens (including phenoxy) is 2. The largest absolute Gasteiger partial charge is 1.00 e. The van der Waals surface area contributed by atoms with Crippen molar-refractivity contribution in [2.75, 3.05) is 7.11 Å². The van der Waals surface area contributed by atoms with Crippen molar-refractivity contribution in [3.63, 3.8) is 0 Å². The number of methoxy groups -OCH3 is 1. The number of phenols is 1. The summed E-state index contributed by atoms with van der Waals surface area (Å²) in [6.45, 7) is 3.19. The number of nitrogens with zero attached hydrogens (tertiary/aromatic N) is 19. The van der Waals surface area contributed by atoms with Gasteiger partial charge in [0, 0.05) is 114 Å². The second-order valence-corrected chi connectivity index (χ2v) is 33.8. The van der Waals surface area contributed by atoms with E-state index in [0.717, 1.165) is 204 Å². The number of aromatic nitrogens is 20. The molecule has 27 aromatic rings. The maximum atomic E-state index is 9.87. The second-order valence-electron chi connectivity index (χ2n) is 31.3. The number of phenolic OH excluding ortho intramolecular Hbond substituents is 1. The van der Waals surface area contributed by atoms with Crippen LogP contribution in [0.25, 0.3) is 195 Å². The number of H-pyrrole nitrogens is 1. The number of rotatable bonds is 8. The number of hydrogen-bond donors (Lipinski definition) is 4. The van der Waals surface area contributed by atoms with Crippen molar-refractivity contribution in [2.24, 2.45) is 0 Å². The maximum Gasteiger partial charge on any atom is 1.00 e. The summed E-state index contributed by atoms with van der Waals surface area (Å²) in [6, 6.07) is 99.4. The molecule has 35 heteroatoms. The minimum atomic E-state index is -0.833. The Bertz CT molecular complexity index is 9330. The van der Waals surface area contributed by atoms with Crippen LogP contribution in [-0.2, 0) is 14.5 Å². The number of aryl methyl sites for hydroxylation is 1. The summed E-state index contributed by atoms with van der Waals surface area (Å²) >= 11 is 9.98. The molecule has 0 bridgehead atoms. The van der Waals surface area contributed by atoms with Crippen LogP contribution in [0.1, 0.15) is 27.3 Å². The summed E-state index contributed by atoms with van der Waals surface area (Å²) in [6.07, 6.45) is 17.0. The van der Waals surface area contributed by atoms with Gasteiger partial charge in [-0.15, -0.1) is 17.0 Å². The quantitative estimate of drug-likeness (QED) is 0.0274. The maximum absolute atomic E-state index is 9.87. The van der Waals surface area contributed by atoms with Gasteiger partial charge in [0.05, 0.1) is 77.8 Å². The van der Waals surface area contributed by atoms with E-state index in [1.54, 1.807) is 57.8 Å². The van der Waals surface area contributed by atoms with Crippen LogP contribution in [-0.4, -0.2) is 132 Å². The Morgan fingerprint density at radius 2 is 0.821 bits per heavy atom. The van der Waals surface area contributed by atoms with Crippen molar-refractivity contribution in [1.82, 2.24) is 97.1 Å². The van der Waals surface area contributed by atoms with E-state index in [-0.39, 0.29) is 182 Å². The fourth-order valence-corrected chi connectivity index (χ4v) is 17.9. The predicted octanol–water partition coefficient (Wildman–Crippen LogP) is 21.6. The fraction of sp³-hybridized carbons (Fsp3) is 0.0455. The van der Waals surface area contributed by atoms with Gasteiger partial charge in [0.2, 0.25) is 0 Å². The van der Waals surface area contributed by atoms with Gasteiger partial charge in [-0.05, 0) is 225 Å². The van der Waals surface area contributed by atoms with Crippen LogP contribution < -0.4 is 147 Å². The molecule has 0 aliphatic carbocycles. The first-order chi connectivity index (χ1) is 69.1. The van der Waals surface area contributed by atoms with Crippen LogP contribution in [0.2, 0.25) is 0 Å². The average Bonchev–Trinajstić information content (AvgIpc) is 1.49. The molecule has 12 aromatic carbocycles. The van der Waals surface area contributed by atoms with E-state index in [1.165, 1.54) is 39.1 Å². The first-order valence-electron chi connectivity index (χ1n) is 43.6. The van der Waals surface area contributed by atoms with Gasteiger partial charge in [-0.1, -0.05) is 158 Å². The number of pyridine rings is 5. The van der Waals surface area contributed by atoms with E-state index in [1.807, 2.05) is 187 Å². The van der Waals surface area contributed by atoms with Crippen LogP contribution in [0.4, 0.5) is 4.39 Å². The SMILES string of the molecule is Br.Brc1ccc2c3ccccc3n(-c3ccccn3)c2c1.Brc1cncnc1Br.C.C.CC(=O)O.COc1ccc2c3cncnc3n3c4ccccc4nc3c2c1.Cc1cccc(-c2nc3ccccc3[nH]2)c1.Oc1ccc2c3cncnc3n3c4ccccc4nc3c2c1.[2H]OOC=O.[CH2-]F.[Cs+].[Cs+].c1ccc(-n2c3ccccc3c3ccc(Oc4ccc5c6cncnc6n6c7ccccc7nc6c5c4)cc32)nc1. The Morgan fingerprint density at radius 3 is 1.27 bits per heavy atom. The van der Waals surface area contributed by atoms with Crippen LogP contribution in [0.3, 0.4) is 0 Å². The number of hydrogen-bond acceptors (Lipinski definition) is 21. The number of nitrogens with one attached hydrogen (secondary N) is 1. The number of imidazole rings is 4. The molecular formula is C110H84Br4Cs2FN20O8+. The normalized spacial score (nSPS) is 10.7. The van der Waals surface area contributed by atoms with Gasteiger partial charge in [-0.25, -0.2) is 75.0 Å². The minimum absolute atomic E-state index is 0. The Balaban J connectivity index is 0.000000141. The fourth-order valence-electron chi connectivity index (χ4n) is 17.1. The molecule has 0 aliphatic rings. The molecule has 4 N–H and O–H groups in total. The molecule has 0 spiro atoms. The van der Waals surface area contributed by atoms with E-state index in [4.69, 9.17) is 40.6 Å². The summed E-state index contributed by atoms with van der Waals surface area (Å²) < 4.78 is 40.1. The van der Waals surface area contributed by atoms with Gasteiger partial charge < -0.3 is 33.9 Å². The standard InChI is InChI=1S/C34H20N6O.C18H12N4O.C17H11BrN2.C17H10N4O.C14H12N2.C4H2Br2N2.C2H4O2.CH2F.CH2O3.2CH4.BrH.2Cs/c1-3-9-29-24(7-1)25-15-13-22(18-31(25)39(29)32-11-5-6-16-36-32)41-21-12-14-23-26(17-21)34-38-28-8-2-4-10-30(28)40(34)33-27(23)19-35-20-37-33;1-23-11-6-7-12-13(8-11)18-21-15-4-2-3-5-16(15)22(18)17-14(12)9-19-10-20-17;18-12-8-9-14-13-5-1-2-6-15(13)20(16(14)11-12)17-7-3-4-10-19-17;22-10-5-6-11-12(7-10)17-20-14-3-1-2-4-15(14)21(17)16-13(11)8-18-9-19-16;1-10-5-4-6-11(9-10)14-15-12-7-2-3-8-13(12)16-14;5-3-1-7-2-8-4(3)6;1-2(3)4;1-2;2-1-4-3;;;;;/h1-20H;2-10H,1H3;1-11H;1-9,22H;2-9H,1H3,(H,15,16);1-2H;1H3,(H,3,4);1H2;1,3H;2*1H4;1H;;/q;;;;;;;-1;;;;;2*+1/i/hD. The van der Waals surface area contributed by atoms with Gasteiger partial charge in [0.15, 0.2) is 0 Å². The topological polar surface area (TPSA) is 342 Å². The molecule has 0 aliphatic heterocycles. The molecular weight excluding hydrogens is 2330 g/mol. The molecule has 0 amide bonds. The molecule has 708 valence electrons. The van der Waals surface area contributed by atoms with E-state index in [2.05, 4.69) is 270 Å². The van der Waals surface area contributed by atoms with Crippen LogP contribution in [0, 0.1) is 14.1 Å². The van der Waals surface area contributed by atoms with Crippen molar-refractivity contribution >= 4 is 247 Å². The van der Waals surface area contributed by atoms with Gasteiger partial charge in [0.1, 0.15) is 104 Å². The Hall–Kier alpha value is -13.0. The molecule has 15 aromatic heterocycles. The Labute approximate surface area is 981 Å². The summed E-state index contributed by atoms with van der Waals surface area (Å²) in [4.78, 5) is 86.7. The zero-order chi connectivity index (χ0) is 97.2. The Kier molecular flexibility index (Phi) is 36.1. The first-order valence-corrected chi connectivity index (χ1v) is 45.6. The zero-order valence-corrected chi connectivity index (χ0v) is 95.6. The molecule has 0 saturated carbocycles. The number of aromatic amines is 1. The predicted molar refractivity (Wildman–Crippen MR) is 580 cm³/mol. The Morgan fingerprint density at radius 1 is 0.414 bits per heavy atom. The number of para-hydroxylation sites is 10. The summed E-state index contributed by atoms with van der Waals surface area (Å²) in [5.41, 5.74) is 19.8. The number of aliphatic carboxylic acids is 1. The first kappa shape index (κ1) is 106. The molecule has 27 rings (SSSR count). The monoisotopic (exact) mass is 2410 g/mol. The molecule has 0 saturated heterocycles. The third-order valence-corrected chi connectivity index (χ3v) is 25.1. The zero-order valence-electron chi connectivity index (χ0n) is 77.6. The number of fused-ring (bicyclic) bond motifs is 31. The number of carbonyl (C=O) groups excluding carboxylic acids is 1. The van der Waals surface area contributed by atoms with E-state index in [9.17, 15) is 9.50 Å². The molecule has 15 heterocycles. The summed E-state index contributed by atoms with van der Waals surface area (Å²) in [5.74, 6) is 4.40. The number of carboxylic acid groups (broad SMARTS) is 1. The minimum Gasteiger partial charge on any atom is -0.508 e. The average molecular weight is 2420 g/mol. The van der Waals surface area contributed by atoms with Crippen molar-refractivity contribution < 1.29 is 182 Å². The van der Waals surface area contributed by atoms with Crippen molar-refractivity contribution in [1.29, 1.82) is 1.43 Å². The molecule has 0 fully saturated rings. The van der Waals surface area contributed by atoms with E-state index in [0.29, 0.717) is 0 Å². The molecule has 0 atom stereocenters. The third kappa shape index (κ3) is 22.5. The molecule has 28 nitrogen and oxygen atoms in total. The number of halogens is 5. The van der Waals surface area contributed by atoms with Crippen molar-refractivity contribution in [3.8, 4) is 46.0 Å². The van der Waals surface area contributed by atoms with Crippen LogP contribution in [0.5, 0.6) is 23.0 Å². The third-order valence-electron chi connectivity index (χ3n) is 22.8. The van der Waals surface area contributed by atoms with Crippen molar-refractivity contribution in [3.05, 3.63) is 386 Å². The number of carbonyl (C=O) groups is 2. The summed E-state index contributed by atoms with van der Waals surface area (Å²) in [5, 5.41) is 34.1. The van der Waals surface area contributed by atoms with Crippen LogP contribution in [0.15, 0.2) is 373 Å². The van der Waals surface area contributed by atoms with Crippen molar-refractivity contribution in [2.45, 2.75) is 28.7 Å². The number of benzene rings is 12. The smallest absolute Gasteiger partial charge is 0.508 e. The van der Waals surface area contributed by atoms with E-state index >= 15 is 0 Å². The van der Waals surface area contributed by atoms with Gasteiger partial charge in [0.25, 0.3) is 7.40 Å². The van der Waals surface area contributed by atoms with Gasteiger partial charge in [-0.3, -0.25) is 31.9 Å². The van der Waals surface area contributed by atoms with E-state index < -0.39 is 5.97 Å². The van der Waals surface area contributed by atoms with Crippen LogP contribution >= 0.6 is 64.8 Å². The molecule has 145 heavy (non-hydrogen) atoms. The molecule has 0 unspecified atom stereocenters. The van der Waals surface area contributed by atoms with Gasteiger partial charge >= 0.3 is 144 Å². The second kappa shape index (κ2) is 49.3. The summed E-state index contributed by atoms with van der Waals surface area (Å²) in [7, 11) is 3.42.